The third-order valence-electron chi connectivity index (χ3n) is 3.19. The molecule has 0 bridgehead atoms. The van der Waals surface area contributed by atoms with E-state index in [4.69, 9.17) is 4.74 Å². The Labute approximate surface area is 106 Å². The van der Waals surface area contributed by atoms with E-state index in [1.165, 1.54) is 7.11 Å². The largest absolute Gasteiger partial charge is 0.494 e. The number of hydrogen-bond acceptors (Lipinski definition) is 2. The first-order chi connectivity index (χ1) is 8.43. The van der Waals surface area contributed by atoms with Crippen molar-refractivity contribution in [2.75, 3.05) is 7.11 Å². The summed E-state index contributed by atoms with van der Waals surface area (Å²) in [7, 11) is 1.44. The third-order valence-corrected chi connectivity index (χ3v) is 3.19. The van der Waals surface area contributed by atoms with E-state index in [2.05, 4.69) is 0 Å². The van der Waals surface area contributed by atoms with Gasteiger partial charge in [0.15, 0.2) is 17.3 Å². The Kier molecular flexibility index (Phi) is 3.24. The standard InChI is InChI=1S/C15H17FO2/c1-15(2)8-10(7-11(17)9-15)12-5-4-6-13(18-3)14(12)16/h4-7H,8-9H2,1-3H3. The van der Waals surface area contributed by atoms with Crippen molar-refractivity contribution in [2.45, 2.75) is 26.7 Å². The van der Waals surface area contributed by atoms with Crippen molar-refractivity contribution in [3.8, 4) is 5.75 Å². The van der Waals surface area contributed by atoms with Crippen LogP contribution in [0.25, 0.3) is 5.57 Å². The van der Waals surface area contributed by atoms with Crippen molar-refractivity contribution < 1.29 is 13.9 Å². The average Bonchev–Trinajstić information content (AvgIpc) is 2.26. The highest BCUT2D eigenvalue weighted by Crippen LogP contribution is 2.39. The van der Waals surface area contributed by atoms with Gasteiger partial charge in [0.1, 0.15) is 0 Å². The van der Waals surface area contributed by atoms with E-state index in [0.717, 1.165) is 5.57 Å². The van der Waals surface area contributed by atoms with Crippen LogP contribution in [0.3, 0.4) is 0 Å². The molecular weight excluding hydrogens is 231 g/mol. The molecule has 0 atom stereocenters. The number of ether oxygens (including phenoxy) is 1. The zero-order valence-electron chi connectivity index (χ0n) is 10.9. The minimum Gasteiger partial charge on any atom is -0.494 e. The van der Waals surface area contributed by atoms with E-state index in [1.807, 2.05) is 13.8 Å². The molecule has 0 N–H and O–H groups in total. The van der Waals surface area contributed by atoms with Crippen LogP contribution < -0.4 is 4.74 Å². The van der Waals surface area contributed by atoms with Gasteiger partial charge in [-0.2, -0.15) is 0 Å². The Morgan fingerprint density at radius 2 is 2.00 bits per heavy atom. The van der Waals surface area contributed by atoms with E-state index in [1.54, 1.807) is 24.3 Å². The number of rotatable bonds is 2. The van der Waals surface area contributed by atoms with Crippen molar-refractivity contribution in [1.29, 1.82) is 0 Å². The summed E-state index contributed by atoms with van der Waals surface area (Å²) in [5, 5.41) is 0. The zero-order valence-corrected chi connectivity index (χ0v) is 10.9. The number of allylic oxidation sites excluding steroid dienone is 2. The molecule has 18 heavy (non-hydrogen) atoms. The molecule has 0 saturated heterocycles. The second-order valence-corrected chi connectivity index (χ2v) is 5.48. The van der Waals surface area contributed by atoms with Gasteiger partial charge in [-0.3, -0.25) is 4.79 Å². The summed E-state index contributed by atoms with van der Waals surface area (Å²) in [6, 6.07) is 5.01. The van der Waals surface area contributed by atoms with Gasteiger partial charge in [-0.1, -0.05) is 26.0 Å². The van der Waals surface area contributed by atoms with E-state index >= 15 is 0 Å². The van der Waals surface area contributed by atoms with Gasteiger partial charge in [0.2, 0.25) is 0 Å². The number of ketones is 1. The predicted octanol–water partition coefficient (Wildman–Crippen LogP) is 3.61. The second-order valence-electron chi connectivity index (χ2n) is 5.48. The lowest BCUT2D eigenvalue weighted by Crippen LogP contribution is -2.21. The van der Waals surface area contributed by atoms with Crippen LogP contribution in [0.1, 0.15) is 32.3 Å². The van der Waals surface area contributed by atoms with E-state index in [-0.39, 0.29) is 16.9 Å². The first-order valence-corrected chi connectivity index (χ1v) is 5.99. The van der Waals surface area contributed by atoms with Gasteiger partial charge in [-0.25, -0.2) is 4.39 Å². The van der Waals surface area contributed by atoms with Crippen LogP contribution in [-0.4, -0.2) is 12.9 Å². The smallest absolute Gasteiger partial charge is 0.172 e. The molecule has 3 heteroatoms. The van der Waals surface area contributed by atoms with Crippen molar-refractivity contribution in [1.82, 2.24) is 0 Å². The molecule has 0 fully saturated rings. The topological polar surface area (TPSA) is 26.3 Å². The number of hydrogen-bond donors (Lipinski definition) is 0. The Balaban J connectivity index is 2.46. The highest BCUT2D eigenvalue weighted by molar-refractivity contribution is 5.99. The van der Waals surface area contributed by atoms with Crippen LogP contribution in [-0.2, 0) is 4.79 Å². The summed E-state index contributed by atoms with van der Waals surface area (Å²) < 4.78 is 19.1. The number of carbonyl (C=O) groups is 1. The first kappa shape index (κ1) is 12.8. The summed E-state index contributed by atoms with van der Waals surface area (Å²) in [5.41, 5.74) is 1.11. The molecule has 0 saturated carbocycles. The zero-order chi connectivity index (χ0) is 13.3. The van der Waals surface area contributed by atoms with Gasteiger partial charge in [0, 0.05) is 12.0 Å². The first-order valence-electron chi connectivity index (χ1n) is 5.99. The normalized spacial score (nSPS) is 18.4. The number of benzene rings is 1. The minimum atomic E-state index is -0.392. The van der Waals surface area contributed by atoms with Crippen molar-refractivity contribution in [2.24, 2.45) is 5.41 Å². The van der Waals surface area contributed by atoms with Gasteiger partial charge < -0.3 is 4.74 Å². The molecule has 2 rings (SSSR count). The highest BCUT2D eigenvalue weighted by Gasteiger charge is 2.29. The average molecular weight is 248 g/mol. The van der Waals surface area contributed by atoms with Crippen LogP contribution in [0.15, 0.2) is 24.3 Å². The number of carbonyl (C=O) groups excluding carboxylic acids is 1. The van der Waals surface area contributed by atoms with Crippen molar-refractivity contribution in [3.05, 3.63) is 35.7 Å². The van der Waals surface area contributed by atoms with Crippen LogP contribution in [0, 0.1) is 11.2 Å². The van der Waals surface area contributed by atoms with Gasteiger partial charge in [-0.05, 0) is 29.6 Å². The Morgan fingerprint density at radius 3 is 2.61 bits per heavy atom. The molecule has 0 unspecified atom stereocenters. The summed E-state index contributed by atoms with van der Waals surface area (Å²) >= 11 is 0. The van der Waals surface area contributed by atoms with Gasteiger partial charge >= 0.3 is 0 Å². The monoisotopic (exact) mass is 248 g/mol. The molecule has 0 heterocycles. The summed E-state index contributed by atoms with van der Waals surface area (Å²) in [6.45, 7) is 4.05. The fourth-order valence-corrected chi connectivity index (χ4v) is 2.44. The Bertz CT molecular complexity index is 515. The molecule has 0 aliphatic heterocycles. The molecule has 0 radical (unpaired) electrons. The number of methoxy groups -OCH3 is 1. The van der Waals surface area contributed by atoms with Crippen LogP contribution in [0.5, 0.6) is 5.75 Å². The summed E-state index contributed by atoms with van der Waals surface area (Å²) in [6.07, 6.45) is 2.77. The molecular formula is C15H17FO2. The van der Waals surface area contributed by atoms with Crippen LogP contribution in [0.4, 0.5) is 4.39 Å². The maximum Gasteiger partial charge on any atom is 0.172 e. The van der Waals surface area contributed by atoms with Crippen molar-refractivity contribution in [3.63, 3.8) is 0 Å². The maximum atomic E-state index is 14.2. The molecule has 1 aromatic carbocycles. The molecule has 0 amide bonds. The molecule has 1 aliphatic rings. The molecule has 1 aliphatic carbocycles. The van der Waals surface area contributed by atoms with Gasteiger partial charge in [0.25, 0.3) is 0 Å². The lowest BCUT2D eigenvalue weighted by atomic mass is 9.75. The minimum absolute atomic E-state index is 0.0588. The summed E-state index contributed by atoms with van der Waals surface area (Å²) in [5.74, 6) is -0.121. The SMILES string of the molecule is COc1cccc(C2=CC(=O)CC(C)(C)C2)c1F. The Hall–Kier alpha value is -1.64. The maximum absolute atomic E-state index is 14.2. The molecule has 2 nitrogen and oxygen atoms in total. The van der Waals surface area contributed by atoms with Gasteiger partial charge in [0.05, 0.1) is 7.11 Å². The van der Waals surface area contributed by atoms with Crippen LogP contribution >= 0.6 is 0 Å². The van der Waals surface area contributed by atoms with E-state index in [9.17, 15) is 9.18 Å². The quantitative estimate of drug-likeness (QED) is 0.799. The predicted molar refractivity (Wildman–Crippen MR) is 69.0 cm³/mol. The highest BCUT2D eigenvalue weighted by atomic mass is 19.1. The second kappa shape index (κ2) is 4.56. The molecule has 96 valence electrons. The molecule has 0 aromatic heterocycles. The van der Waals surface area contributed by atoms with Crippen LogP contribution in [0.2, 0.25) is 0 Å². The van der Waals surface area contributed by atoms with E-state index in [0.29, 0.717) is 18.4 Å². The fraction of sp³-hybridized carbons (Fsp3) is 0.400. The molecule has 1 aromatic rings. The summed E-state index contributed by atoms with van der Waals surface area (Å²) in [4.78, 5) is 11.7. The fourth-order valence-electron chi connectivity index (χ4n) is 2.44. The third kappa shape index (κ3) is 2.45. The van der Waals surface area contributed by atoms with E-state index < -0.39 is 5.82 Å². The lowest BCUT2D eigenvalue weighted by Gasteiger charge is -2.29. The molecule has 0 spiro atoms. The van der Waals surface area contributed by atoms with Gasteiger partial charge in [-0.15, -0.1) is 0 Å². The van der Waals surface area contributed by atoms with Crippen molar-refractivity contribution >= 4 is 11.4 Å². The number of halogens is 1. The Morgan fingerprint density at radius 1 is 1.28 bits per heavy atom. The lowest BCUT2D eigenvalue weighted by molar-refractivity contribution is -0.116.